The second kappa shape index (κ2) is 3.07. The van der Waals surface area contributed by atoms with E-state index in [-0.39, 0.29) is 0 Å². The highest BCUT2D eigenvalue weighted by Crippen LogP contribution is 2.40. The second-order valence-electron chi connectivity index (χ2n) is 4.33. The summed E-state index contributed by atoms with van der Waals surface area (Å²) in [5.41, 5.74) is 9.12. The van der Waals surface area contributed by atoms with Crippen LogP contribution in [0.5, 0.6) is 0 Å². The SMILES string of the molecule is Cn1c(C2CC2)nc2ccc(CN)cc21. The fourth-order valence-corrected chi connectivity index (χ4v) is 2.09. The molecule has 1 aromatic heterocycles. The zero-order valence-electron chi connectivity index (χ0n) is 8.90. The predicted molar refractivity (Wildman–Crippen MR) is 60.6 cm³/mol. The van der Waals surface area contributed by atoms with Crippen molar-refractivity contribution in [1.29, 1.82) is 0 Å². The number of hydrogen-bond acceptors (Lipinski definition) is 2. The van der Waals surface area contributed by atoms with Crippen LogP contribution in [0.2, 0.25) is 0 Å². The van der Waals surface area contributed by atoms with E-state index < -0.39 is 0 Å². The lowest BCUT2D eigenvalue weighted by atomic mass is 10.2. The van der Waals surface area contributed by atoms with E-state index in [1.54, 1.807) is 0 Å². The third-order valence-electron chi connectivity index (χ3n) is 3.16. The van der Waals surface area contributed by atoms with Crippen LogP contribution in [0.3, 0.4) is 0 Å². The average Bonchev–Trinajstić information content (AvgIpc) is 3.05. The zero-order chi connectivity index (χ0) is 10.4. The highest BCUT2D eigenvalue weighted by molar-refractivity contribution is 5.77. The summed E-state index contributed by atoms with van der Waals surface area (Å²) in [5.74, 6) is 1.93. The Bertz CT molecular complexity index is 509. The van der Waals surface area contributed by atoms with Crippen molar-refractivity contribution in [2.24, 2.45) is 12.8 Å². The van der Waals surface area contributed by atoms with E-state index in [2.05, 4.69) is 34.8 Å². The molecule has 3 heteroatoms. The van der Waals surface area contributed by atoms with Crippen molar-refractivity contribution in [1.82, 2.24) is 9.55 Å². The van der Waals surface area contributed by atoms with Crippen molar-refractivity contribution in [3.63, 3.8) is 0 Å². The lowest BCUT2D eigenvalue weighted by molar-refractivity contribution is 0.819. The third kappa shape index (κ3) is 1.35. The molecule has 0 spiro atoms. The van der Waals surface area contributed by atoms with E-state index in [4.69, 9.17) is 5.73 Å². The summed E-state index contributed by atoms with van der Waals surface area (Å²) in [7, 11) is 2.10. The smallest absolute Gasteiger partial charge is 0.112 e. The fraction of sp³-hybridized carbons (Fsp3) is 0.417. The first-order valence-electron chi connectivity index (χ1n) is 5.45. The van der Waals surface area contributed by atoms with Crippen molar-refractivity contribution in [2.45, 2.75) is 25.3 Å². The molecular weight excluding hydrogens is 186 g/mol. The monoisotopic (exact) mass is 201 g/mol. The number of benzene rings is 1. The number of fused-ring (bicyclic) bond motifs is 1. The Kier molecular flexibility index (Phi) is 1.83. The molecule has 0 bridgehead atoms. The summed E-state index contributed by atoms with van der Waals surface area (Å²) in [4.78, 5) is 4.67. The Hall–Kier alpha value is -1.35. The molecule has 3 rings (SSSR count). The number of rotatable bonds is 2. The normalized spacial score (nSPS) is 16.1. The molecule has 2 aromatic rings. The molecule has 1 heterocycles. The minimum atomic E-state index is 0.597. The zero-order valence-corrected chi connectivity index (χ0v) is 8.90. The molecule has 1 aliphatic carbocycles. The summed E-state index contributed by atoms with van der Waals surface area (Å²) >= 11 is 0. The van der Waals surface area contributed by atoms with Gasteiger partial charge in [0.25, 0.3) is 0 Å². The van der Waals surface area contributed by atoms with Crippen LogP contribution in [-0.2, 0) is 13.6 Å². The maximum absolute atomic E-state index is 5.64. The molecule has 3 nitrogen and oxygen atoms in total. The van der Waals surface area contributed by atoms with Crippen molar-refractivity contribution in [2.75, 3.05) is 0 Å². The third-order valence-corrected chi connectivity index (χ3v) is 3.16. The number of aromatic nitrogens is 2. The van der Waals surface area contributed by atoms with Crippen molar-refractivity contribution in [3.8, 4) is 0 Å². The first-order valence-corrected chi connectivity index (χ1v) is 5.45. The van der Waals surface area contributed by atoms with Gasteiger partial charge in [-0.1, -0.05) is 6.07 Å². The lowest BCUT2D eigenvalue weighted by Crippen LogP contribution is -1.97. The van der Waals surface area contributed by atoms with Gasteiger partial charge in [-0.15, -0.1) is 0 Å². The van der Waals surface area contributed by atoms with Gasteiger partial charge in [-0.05, 0) is 30.5 Å². The summed E-state index contributed by atoms with van der Waals surface area (Å²) in [6.07, 6.45) is 2.59. The molecule has 1 aliphatic rings. The highest BCUT2D eigenvalue weighted by Gasteiger charge is 2.28. The number of aryl methyl sites for hydroxylation is 1. The molecule has 1 saturated carbocycles. The van der Waals surface area contributed by atoms with Gasteiger partial charge in [-0.25, -0.2) is 4.98 Å². The standard InChI is InChI=1S/C12H15N3/c1-15-11-6-8(7-13)2-5-10(11)14-12(15)9-3-4-9/h2,5-6,9H,3-4,7,13H2,1H3. The Morgan fingerprint density at radius 1 is 1.47 bits per heavy atom. The largest absolute Gasteiger partial charge is 0.331 e. The molecular formula is C12H15N3. The van der Waals surface area contributed by atoms with Crippen LogP contribution in [0.25, 0.3) is 11.0 Å². The summed E-state index contributed by atoms with van der Waals surface area (Å²) in [6, 6.07) is 6.28. The lowest BCUT2D eigenvalue weighted by Gasteiger charge is -2.00. The summed E-state index contributed by atoms with van der Waals surface area (Å²) < 4.78 is 2.21. The average molecular weight is 201 g/mol. The van der Waals surface area contributed by atoms with Gasteiger partial charge in [0.1, 0.15) is 5.82 Å². The molecule has 0 amide bonds. The van der Waals surface area contributed by atoms with E-state index in [1.165, 1.54) is 29.7 Å². The van der Waals surface area contributed by atoms with E-state index >= 15 is 0 Å². The van der Waals surface area contributed by atoms with Gasteiger partial charge in [-0.2, -0.15) is 0 Å². The molecule has 0 radical (unpaired) electrons. The van der Waals surface area contributed by atoms with Crippen LogP contribution in [0.1, 0.15) is 30.1 Å². The van der Waals surface area contributed by atoms with Gasteiger partial charge < -0.3 is 10.3 Å². The van der Waals surface area contributed by atoms with Gasteiger partial charge >= 0.3 is 0 Å². The van der Waals surface area contributed by atoms with E-state index in [1.807, 2.05) is 0 Å². The Balaban J connectivity index is 2.21. The first-order chi connectivity index (χ1) is 7.29. The molecule has 0 aliphatic heterocycles. The minimum absolute atomic E-state index is 0.597. The van der Waals surface area contributed by atoms with Crippen molar-refractivity contribution < 1.29 is 0 Å². The van der Waals surface area contributed by atoms with E-state index in [0.717, 1.165) is 5.52 Å². The minimum Gasteiger partial charge on any atom is -0.331 e. The molecule has 2 N–H and O–H groups in total. The quantitative estimate of drug-likeness (QED) is 0.806. The maximum atomic E-state index is 5.64. The number of hydrogen-bond donors (Lipinski definition) is 1. The molecule has 0 saturated heterocycles. The Morgan fingerprint density at radius 2 is 2.27 bits per heavy atom. The fourth-order valence-electron chi connectivity index (χ4n) is 2.09. The Labute approximate surface area is 88.9 Å². The Morgan fingerprint density at radius 3 is 2.93 bits per heavy atom. The van der Waals surface area contributed by atoms with Crippen LogP contribution in [0.15, 0.2) is 18.2 Å². The van der Waals surface area contributed by atoms with Crippen LogP contribution >= 0.6 is 0 Å². The first kappa shape index (κ1) is 8.92. The van der Waals surface area contributed by atoms with Gasteiger partial charge in [0.2, 0.25) is 0 Å². The van der Waals surface area contributed by atoms with Gasteiger partial charge in [0, 0.05) is 19.5 Å². The summed E-state index contributed by atoms with van der Waals surface area (Å²) in [6.45, 7) is 0.597. The van der Waals surface area contributed by atoms with E-state index in [0.29, 0.717) is 12.5 Å². The molecule has 1 aromatic carbocycles. The highest BCUT2D eigenvalue weighted by atomic mass is 15.1. The topological polar surface area (TPSA) is 43.8 Å². The number of imidazole rings is 1. The summed E-state index contributed by atoms with van der Waals surface area (Å²) in [5, 5.41) is 0. The second-order valence-corrected chi connectivity index (χ2v) is 4.33. The van der Waals surface area contributed by atoms with Crippen molar-refractivity contribution >= 4 is 11.0 Å². The van der Waals surface area contributed by atoms with Gasteiger partial charge in [-0.3, -0.25) is 0 Å². The predicted octanol–water partition coefficient (Wildman–Crippen LogP) is 1.91. The van der Waals surface area contributed by atoms with Crippen molar-refractivity contribution in [3.05, 3.63) is 29.6 Å². The number of nitrogens with zero attached hydrogens (tertiary/aromatic N) is 2. The van der Waals surface area contributed by atoms with Crippen LogP contribution < -0.4 is 5.73 Å². The van der Waals surface area contributed by atoms with Crippen LogP contribution in [0.4, 0.5) is 0 Å². The molecule has 15 heavy (non-hydrogen) atoms. The van der Waals surface area contributed by atoms with Gasteiger partial charge in [0.05, 0.1) is 11.0 Å². The van der Waals surface area contributed by atoms with Crippen LogP contribution in [0, 0.1) is 0 Å². The van der Waals surface area contributed by atoms with E-state index in [9.17, 15) is 0 Å². The molecule has 1 fully saturated rings. The van der Waals surface area contributed by atoms with Gasteiger partial charge in [0.15, 0.2) is 0 Å². The maximum Gasteiger partial charge on any atom is 0.112 e. The molecule has 78 valence electrons. The number of nitrogens with two attached hydrogens (primary N) is 1. The van der Waals surface area contributed by atoms with Crippen LogP contribution in [-0.4, -0.2) is 9.55 Å². The molecule has 0 atom stereocenters. The molecule has 0 unspecified atom stereocenters.